The number of benzene rings is 2. The van der Waals surface area contributed by atoms with E-state index in [1.165, 1.54) is 29.2 Å². The summed E-state index contributed by atoms with van der Waals surface area (Å²) >= 11 is 0. The molecular formula is C18H14F3NO4. The summed E-state index contributed by atoms with van der Waals surface area (Å²) in [4.78, 5) is 24.8. The Hall–Kier alpha value is -2.87. The molecule has 1 aliphatic heterocycles. The van der Waals surface area contributed by atoms with Gasteiger partial charge in [-0.2, -0.15) is 0 Å². The highest BCUT2D eigenvalue weighted by atomic mass is 19.2. The molecule has 0 saturated carbocycles. The largest absolute Gasteiger partial charge is 0.479 e. The van der Waals surface area contributed by atoms with Gasteiger partial charge in [0.25, 0.3) is 5.91 Å². The van der Waals surface area contributed by atoms with Crippen molar-refractivity contribution in [3.05, 3.63) is 59.4 Å². The lowest BCUT2D eigenvalue weighted by atomic mass is 10.0. The number of nitrogens with zero attached hydrogens (tertiary/aromatic N) is 1. The molecule has 1 N–H and O–H groups in total. The molecule has 1 saturated heterocycles. The van der Waals surface area contributed by atoms with Gasteiger partial charge in [-0.05, 0) is 35.4 Å². The molecule has 1 aliphatic rings. The number of aliphatic carboxylic acids is 1. The second-order valence-electron chi connectivity index (χ2n) is 5.78. The van der Waals surface area contributed by atoms with Crippen LogP contribution in [0.25, 0.3) is 11.1 Å². The molecule has 1 atom stereocenters. The maximum Gasteiger partial charge on any atom is 0.334 e. The van der Waals surface area contributed by atoms with E-state index in [0.717, 1.165) is 12.1 Å². The summed E-state index contributed by atoms with van der Waals surface area (Å²) in [5, 5.41) is 8.98. The predicted molar refractivity (Wildman–Crippen MR) is 85.0 cm³/mol. The van der Waals surface area contributed by atoms with E-state index in [1.807, 2.05) is 0 Å². The number of carbonyl (C=O) groups excluding carboxylic acids is 1. The molecule has 5 nitrogen and oxygen atoms in total. The second-order valence-corrected chi connectivity index (χ2v) is 5.78. The zero-order valence-corrected chi connectivity index (χ0v) is 13.4. The Kier molecular flexibility index (Phi) is 4.94. The van der Waals surface area contributed by atoms with Crippen molar-refractivity contribution < 1.29 is 32.6 Å². The van der Waals surface area contributed by atoms with Crippen molar-refractivity contribution in [3.63, 3.8) is 0 Å². The summed E-state index contributed by atoms with van der Waals surface area (Å²) in [5.41, 5.74) is 0.838. The number of carboxylic acid groups (broad SMARTS) is 1. The summed E-state index contributed by atoms with van der Waals surface area (Å²) in [6.45, 7) is 0.317. The summed E-state index contributed by atoms with van der Waals surface area (Å²) < 4.78 is 44.8. The zero-order valence-electron chi connectivity index (χ0n) is 13.4. The minimum Gasteiger partial charge on any atom is -0.479 e. The monoisotopic (exact) mass is 365 g/mol. The first-order valence-electron chi connectivity index (χ1n) is 7.75. The van der Waals surface area contributed by atoms with Gasteiger partial charge >= 0.3 is 5.97 Å². The van der Waals surface area contributed by atoms with Crippen LogP contribution < -0.4 is 0 Å². The fourth-order valence-corrected chi connectivity index (χ4v) is 2.69. The number of rotatable bonds is 3. The average molecular weight is 365 g/mol. The lowest BCUT2D eigenvalue weighted by molar-refractivity contribution is -0.154. The fraction of sp³-hybridized carbons (Fsp3) is 0.222. The van der Waals surface area contributed by atoms with Crippen LogP contribution in [0.2, 0.25) is 0 Å². The molecule has 0 bridgehead atoms. The highest BCUT2D eigenvalue weighted by molar-refractivity contribution is 5.95. The molecule has 3 rings (SSSR count). The number of hydrogen-bond acceptors (Lipinski definition) is 3. The van der Waals surface area contributed by atoms with E-state index in [1.54, 1.807) is 0 Å². The second kappa shape index (κ2) is 7.17. The van der Waals surface area contributed by atoms with E-state index in [0.29, 0.717) is 11.1 Å². The third-order valence-corrected chi connectivity index (χ3v) is 4.08. The molecule has 8 heteroatoms. The van der Waals surface area contributed by atoms with E-state index in [9.17, 15) is 22.8 Å². The molecule has 0 aliphatic carbocycles. The van der Waals surface area contributed by atoms with E-state index in [-0.39, 0.29) is 31.2 Å². The maximum absolute atomic E-state index is 13.3. The summed E-state index contributed by atoms with van der Waals surface area (Å²) in [5.74, 6) is -5.65. The van der Waals surface area contributed by atoms with E-state index < -0.39 is 29.5 Å². The van der Waals surface area contributed by atoms with Crippen LogP contribution in [0.4, 0.5) is 13.2 Å². The van der Waals surface area contributed by atoms with Crippen molar-refractivity contribution in [3.8, 4) is 11.1 Å². The maximum atomic E-state index is 13.3. The minimum atomic E-state index is -1.54. The molecule has 0 aromatic heterocycles. The quantitative estimate of drug-likeness (QED) is 0.850. The lowest BCUT2D eigenvalue weighted by Crippen LogP contribution is -2.48. The number of morpholine rings is 1. The van der Waals surface area contributed by atoms with Gasteiger partial charge in [-0.15, -0.1) is 0 Å². The van der Waals surface area contributed by atoms with Crippen LogP contribution in [-0.2, 0) is 9.53 Å². The van der Waals surface area contributed by atoms with Crippen molar-refractivity contribution in [2.45, 2.75) is 6.10 Å². The van der Waals surface area contributed by atoms with Crippen molar-refractivity contribution >= 4 is 11.9 Å². The SMILES string of the molecule is O=C(O)C1CN(C(=O)c2ccc(-c3cc(F)c(F)c(F)c3)cc2)CCO1. The topological polar surface area (TPSA) is 66.8 Å². The van der Waals surface area contributed by atoms with Crippen LogP contribution in [0.1, 0.15) is 10.4 Å². The molecule has 1 amide bonds. The van der Waals surface area contributed by atoms with E-state index in [2.05, 4.69) is 0 Å². The number of halogens is 3. The lowest BCUT2D eigenvalue weighted by Gasteiger charge is -2.30. The van der Waals surface area contributed by atoms with Crippen LogP contribution >= 0.6 is 0 Å². The van der Waals surface area contributed by atoms with Gasteiger partial charge in [-0.1, -0.05) is 12.1 Å². The van der Waals surface area contributed by atoms with E-state index in [4.69, 9.17) is 9.84 Å². The van der Waals surface area contributed by atoms with Gasteiger partial charge in [0.15, 0.2) is 23.6 Å². The Morgan fingerprint density at radius 3 is 2.23 bits per heavy atom. The Bertz CT molecular complexity index is 831. The standard InChI is InChI=1S/C18H14F3NO4/c19-13-7-12(8-14(20)16(13)21)10-1-3-11(4-2-10)17(23)22-5-6-26-15(9-22)18(24)25/h1-4,7-8,15H,5-6,9H2,(H,24,25). The molecule has 1 fully saturated rings. The molecule has 26 heavy (non-hydrogen) atoms. The fourth-order valence-electron chi connectivity index (χ4n) is 2.69. The highest BCUT2D eigenvalue weighted by Crippen LogP contribution is 2.24. The number of carboxylic acids is 1. The molecular weight excluding hydrogens is 351 g/mol. The highest BCUT2D eigenvalue weighted by Gasteiger charge is 2.29. The average Bonchev–Trinajstić information content (AvgIpc) is 2.65. The van der Waals surface area contributed by atoms with Gasteiger partial charge in [0, 0.05) is 12.1 Å². The Morgan fingerprint density at radius 1 is 1.04 bits per heavy atom. The Balaban J connectivity index is 1.79. The van der Waals surface area contributed by atoms with Gasteiger partial charge in [0.05, 0.1) is 13.2 Å². The van der Waals surface area contributed by atoms with Crippen molar-refractivity contribution in [1.29, 1.82) is 0 Å². The number of carbonyl (C=O) groups is 2. The van der Waals surface area contributed by atoms with Crippen LogP contribution in [0.3, 0.4) is 0 Å². The normalized spacial score (nSPS) is 17.2. The number of ether oxygens (including phenoxy) is 1. The third-order valence-electron chi connectivity index (χ3n) is 4.08. The predicted octanol–water partition coefficient (Wildman–Crippen LogP) is 2.70. The van der Waals surface area contributed by atoms with Crippen LogP contribution in [0, 0.1) is 17.5 Å². The molecule has 0 spiro atoms. The van der Waals surface area contributed by atoms with Crippen LogP contribution in [-0.4, -0.2) is 47.7 Å². The molecule has 1 heterocycles. The van der Waals surface area contributed by atoms with Gasteiger partial charge in [0.2, 0.25) is 0 Å². The number of amides is 1. The molecule has 136 valence electrons. The molecule has 2 aromatic rings. The smallest absolute Gasteiger partial charge is 0.334 e. The Labute approximate surface area is 146 Å². The van der Waals surface area contributed by atoms with Gasteiger partial charge in [-0.25, -0.2) is 18.0 Å². The molecule has 0 radical (unpaired) electrons. The van der Waals surface area contributed by atoms with E-state index >= 15 is 0 Å². The summed E-state index contributed by atoms with van der Waals surface area (Å²) in [7, 11) is 0. The minimum absolute atomic E-state index is 0.0652. The van der Waals surface area contributed by atoms with Gasteiger partial charge < -0.3 is 14.7 Å². The van der Waals surface area contributed by atoms with Crippen molar-refractivity contribution in [1.82, 2.24) is 4.90 Å². The summed E-state index contributed by atoms with van der Waals surface area (Å²) in [6.07, 6.45) is -1.07. The molecule has 1 unspecified atom stereocenters. The van der Waals surface area contributed by atoms with Gasteiger partial charge in [-0.3, -0.25) is 4.79 Å². The van der Waals surface area contributed by atoms with Crippen LogP contribution in [0.15, 0.2) is 36.4 Å². The zero-order chi connectivity index (χ0) is 18.8. The summed E-state index contributed by atoms with van der Waals surface area (Å²) in [6, 6.07) is 7.62. The number of hydrogen-bond donors (Lipinski definition) is 1. The first-order chi connectivity index (χ1) is 12.4. The van der Waals surface area contributed by atoms with Crippen molar-refractivity contribution in [2.75, 3.05) is 19.7 Å². The molecule has 2 aromatic carbocycles. The third kappa shape index (κ3) is 3.55. The van der Waals surface area contributed by atoms with Gasteiger partial charge in [0.1, 0.15) is 0 Å². The first-order valence-corrected chi connectivity index (χ1v) is 7.75. The Morgan fingerprint density at radius 2 is 1.65 bits per heavy atom. The van der Waals surface area contributed by atoms with Crippen LogP contribution in [0.5, 0.6) is 0 Å². The van der Waals surface area contributed by atoms with Crippen molar-refractivity contribution in [2.24, 2.45) is 0 Å². The first kappa shape index (κ1) is 17.9.